The van der Waals surface area contributed by atoms with E-state index in [2.05, 4.69) is 15.3 Å². The molecule has 0 radical (unpaired) electrons. The number of fused-ring (bicyclic) bond motifs is 2. The van der Waals surface area contributed by atoms with E-state index in [4.69, 9.17) is 9.15 Å². The summed E-state index contributed by atoms with van der Waals surface area (Å²) in [5.41, 5.74) is 3.20. The number of aromatic nitrogens is 2. The molecule has 2 aromatic heterocycles. The van der Waals surface area contributed by atoms with Crippen molar-refractivity contribution < 1.29 is 13.9 Å². The molecule has 1 amide bonds. The van der Waals surface area contributed by atoms with Crippen molar-refractivity contribution in [2.24, 2.45) is 0 Å². The number of rotatable bonds is 4. The summed E-state index contributed by atoms with van der Waals surface area (Å²) in [6, 6.07) is 20.7. The lowest BCUT2D eigenvalue weighted by Gasteiger charge is -2.11. The number of oxazole rings is 1. The van der Waals surface area contributed by atoms with E-state index in [0.717, 1.165) is 16.3 Å². The average molecular weight is 395 g/mol. The van der Waals surface area contributed by atoms with Crippen LogP contribution in [0.1, 0.15) is 10.4 Å². The Kier molecular flexibility index (Phi) is 4.37. The van der Waals surface area contributed by atoms with E-state index in [1.807, 2.05) is 60.7 Å². The highest BCUT2D eigenvalue weighted by Gasteiger charge is 2.15. The Morgan fingerprint density at radius 3 is 2.63 bits per heavy atom. The number of amides is 1. The van der Waals surface area contributed by atoms with Gasteiger partial charge in [-0.05, 0) is 41.1 Å². The number of nitrogens with zero attached hydrogens (tertiary/aromatic N) is 2. The first-order chi connectivity index (χ1) is 14.7. The second kappa shape index (κ2) is 7.33. The fourth-order valence-corrected chi connectivity index (χ4v) is 3.40. The molecule has 5 aromatic rings. The number of benzene rings is 3. The van der Waals surface area contributed by atoms with E-state index >= 15 is 0 Å². The van der Waals surface area contributed by atoms with E-state index in [1.54, 1.807) is 25.6 Å². The van der Waals surface area contributed by atoms with Gasteiger partial charge in [-0.15, -0.1) is 0 Å². The summed E-state index contributed by atoms with van der Waals surface area (Å²) in [6.45, 7) is 0. The van der Waals surface area contributed by atoms with Crippen molar-refractivity contribution in [2.45, 2.75) is 0 Å². The van der Waals surface area contributed by atoms with Crippen molar-refractivity contribution in [1.29, 1.82) is 0 Å². The van der Waals surface area contributed by atoms with Gasteiger partial charge in [0.15, 0.2) is 5.58 Å². The Morgan fingerprint density at radius 1 is 1.00 bits per heavy atom. The third-order valence-electron chi connectivity index (χ3n) is 4.87. The van der Waals surface area contributed by atoms with Crippen LogP contribution in [0.4, 0.5) is 5.69 Å². The Hall–Kier alpha value is -4.19. The minimum atomic E-state index is -0.253. The molecule has 0 aliphatic carbocycles. The first kappa shape index (κ1) is 17.9. The predicted molar refractivity (Wildman–Crippen MR) is 116 cm³/mol. The molecule has 0 bridgehead atoms. The van der Waals surface area contributed by atoms with Crippen LogP contribution >= 0.6 is 0 Å². The highest BCUT2D eigenvalue weighted by atomic mass is 16.5. The molecule has 0 aliphatic heterocycles. The average Bonchev–Trinajstić information content (AvgIpc) is 3.23. The second-order valence-corrected chi connectivity index (χ2v) is 6.80. The first-order valence-corrected chi connectivity index (χ1v) is 9.40. The summed E-state index contributed by atoms with van der Waals surface area (Å²) in [6.07, 6.45) is 3.31. The fraction of sp³-hybridized carbons (Fsp3) is 0.0417. The quantitative estimate of drug-likeness (QED) is 0.447. The lowest BCUT2D eigenvalue weighted by Crippen LogP contribution is -2.13. The van der Waals surface area contributed by atoms with Crippen molar-refractivity contribution in [1.82, 2.24) is 9.97 Å². The van der Waals surface area contributed by atoms with Gasteiger partial charge < -0.3 is 14.5 Å². The summed E-state index contributed by atoms with van der Waals surface area (Å²) >= 11 is 0. The normalized spacial score (nSPS) is 11.0. The number of anilines is 1. The van der Waals surface area contributed by atoms with Gasteiger partial charge in [0.2, 0.25) is 5.89 Å². The largest absolute Gasteiger partial charge is 0.496 e. The number of nitrogens with one attached hydrogen (secondary N) is 1. The van der Waals surface area contributed by atoms with Crippen LogP contribution < -0.4 is 10.1 Å². The number of methoxy groups -OCH3 is 1. The Morgan fingerprint density at radius 2 is 1.83 bits per heavy atom. The number of hydrogen-bond donors (Lipinski definition) is 1. The minimum absolute atomic E-state index is 0.253. The van der Waals surface area contributed by atoms with Gasteiger partial charge in [0.05, 0.1) is 18.9 Å². The highest BCUT2D eigenvalue weighted by molar-refractivity contribution is 6.09. The van der Waals surface area contributed by atoms with Gasteiger partial charge in [-0.25, -0.2) is 4.98 Å². The van der Waals surface area contributed by atoms with Crippen molar-refractivity contribution in [3.8, 4) is 17.2 Å². The maximum atomic E-state index is 13.0. The number of ether oxygens (including phenoxy) is 1. The molecule has 5 rings (SSSR count). The Bertz CT molecular complexity index is 1360. The van der Waals surface area contributed by atoms with Crippen LogP contribution in [0, 0.1) is 0 Å². The molecule has 0 aliphatic rings. The zero-order chi connectivity index (χ0) is 20.5. The zero-order valence-corrected chi connectivity index (χ0v) is 16.1. The lowest BCUT2D eigenvalue weighted by molar-refractivity contribution is 0.102. The molecule has 0 unspecified atom stereocenters. The second-order valence-electron chi connectivity index (χ2n) is 6.80. The predicted octanol–water partition coefficient (Wildman–Crippen LogP) is 5.30. The molecular weight excluding hydrogens is 378 g/mol. The summed E-state index contributed by atoms with van der Waals surface area (Å²) in [7, 11) is 1.56. The molecule has 6 heteroatoms. The molecule has 146 valence electrons. The van der Waals surface area contributed by atoms with Gasteiger partial charge in [-0.2, -0.15) is 0 Å². The first-order valence-electron chi connectivity index (χ1n) is 9.40. The SMILES string of the molecule is COc1cc2ccccc2cc1C(=O)Nc1cccc(-c2nc3cnccc3o2)c1. The Labute approximate surface area is 172 Å². The monoisotopic (exact) mass is 395 g/mol. The van der Waals surface area contributed by atoms with Crippen LogP contribution in [0.5, 0.6) is 5.75 Å². The van der Waals surface area contributed by atoms with E-state index in [9.17, 15) is 4.79 Å². The fourth-order valence-electron chi connectivity index (χ4n) is 3.40. The topological polar surface area (TPSA) is 77.2 Å². The smallest absolute Gasteiger partial charge is 0.259 e. The number of carbonyl (C=O) groups excluding carboxylic acids is 1. The summed E-state index contributed by atoms with van der Waals surface area (Å²) in [5, 5.41) is 4.92. The van der Waals surface area contributed by atoms with E-state index in [-0.39, 0.29) is 5.91 Å². The molecule has 2 heterocycles. The third kappa shape index (κ3) is 3.24. The number of carbonyl (C=O) groups is 1. The van der Waals surface area contributed by atoms with Crippen molar-refractivity contribution in [2.75, 3.05) is 12.4 Å². The van der Waals surface area contributed by atoms with Gasteiger partial charge in [0.1, 0.15) is 11.3 Å². The molecule has 0 saturated heterocycles. The van der Waals surface area contributed by atoms with Crippen molar-refractivity contribution in [3.05, 3.63) is 84.7 Å². The standard InChI is InChI=1S/C24H17N3O3/c1-29-22-13-16-6-3-2-5-15(16)12-19(22)23(28)26-18-8-4-7-17(11-18)24-27-20-14-25-10-9-21(20)30-24/h2-14H,1H3,(H,26,28). The van der Waals surface area contributed by atoms with Crippen LogP contribution in [0.2, 0.25) is 0 Å². The Balaban J connectivity index is 1.47. The van der Waals surface area contributed by atoms with Gasteiger partial charge in [-0.1, -0.05) is 30.3 Å². The lowest BCUT2D eigenvalue weighted by atomic mass is 10.1. The van der Waals surface area contributed by atoms with Crippen LogP contribution in [0.25, 0.3) is 33.3 Å². The van der Waals surface area contributed by atoms with Gasteiger partial charge in [0.25, 0.3) is 5.91 Å². The van der Waals surface area contributed by atoms with E-state index in [0.29, 0.717) is 34.0 Å². The third-order valence-corrected chi connectivity index (χ3v) is 4.87. The molecule has 30 heavy (non-hydrogen) atoms. The number of pyridine rings is 1. The molecule has 0 atom stereocenters. The molecule has 3 aromatic carbocycles. The van der Waals surface area contributed by atoms with E-state index in [1.165, 1.54) is 0 Å². The summed E-state index contributed by atoms with van der Waals surface area (Å²) in [5.74, 6) is 0.739. The van der Waals surface area contributed by atoms with Crippen LogP contribution in [0.3, 0.4) is 0 Å². The molecular formula is C24H17N3O3. The molecule has 1 N–H and O–H groups in total. The van der Waals surface area contributed by atoms with Crippen LogP contribution in [-0.2, 0) is 0 Å². The maximum absolute atomic E-state index is 13.0. The molecule has 0 fully saturated rings. The van der Waals surface area contributed by atoms with Gasteiger partial charge >= 0.3 is 0 Å². The highest BCUT2D eigenvalue weighted by Crippen LogP contribution is 2.28. The van der Waals surface area contributed by atoms with Gasteiger partial charge in [0, 0.05) is 23.5 Å². The summed E-state index contributed by atoms with van der Waals surface area (Å²) < 4.78 is 11.2. The molecule has 6 nitrogen and oxygen atoms in total. The van der Waals surface area contributed by atoms with Crippen molar-refractivity contribution in [3.63, 3.8) is 0 Å². The maximum Gasteiger partial charge on any atom is 0.259 e. The van der Waals surface area contributed by atoms with Crippen LogP contribution in [-0.4, -0.2) is 23.0 Å². The summed E-state index contributed by atoms with van der Waals surface area (Å²) in [4.78, 5) is 21.5. The molecule has 0 saturated carbocycles. The van der Waals surface area contributed by atoms with Crippen LogP contribution in [0.15, 0.2) is 83.5 Å². The number of hydrogen-bond acceptors (Lipinski definition) is 5. The minimum Gasteiger partial charge on any atom is -0.496 e. The van der Waals surface area contributed by atoms with Crippen molar-refractivity contribution >= 4 is 33.5 Å². The van der Waals surface area contributed by atoms with E-state index < -0.39 is 0 Å². The molecule has 0 spiro atoms. The van der Waals surface area contributed by atoms with Gasteiger partial charge in [-0.3, -0.25) is 9.78 Å². The zero-order valence-electron chi connectivity index (χ0n) is 16.1.